The fourth-order valence-corrected chi connectivity index (χ4v) is 2.38. The molecule has 3 nitrogen and oxygen atoms in total. The molecule has 0 spiro atoms. The predicted molar refractivity (Wildman–Crippen MR) is 76.8 cm³/mol. The van der Waals surface area contributed by atoms with Gasteiger partial charge in [-0.3, -0.25) is 4.68 Å². The summed E-state index contributed by atoms with van der Waals surface area (Å²) >= 11 is 3.43. The first kappa shape index (κ1) is 13.1. The van der Waals surface area contributed by atoms with E-state index in [0.717, 1.165) is 15.7 Å². The Kier molecular flexibility index (Phi) is 3.23. The summed E-state index contributed by atoms with van der Waals surface area (Å²) in [5, 5.41) is 14.8. The molecule has 0 fully saturated rings. The van der Waals surface area contributed by atoms with E-state index >= 15 is 0 Å². The highest BCUT2D eigenvalue weighted by Gasteiger charge is 2.22. The van der Waals surface area contributed by atoms with E-state index in [-0.39, 0.29) is 11.3 Å². The lowest BCUT2D eigenvalue weighted by molar-refractivity contribution is 0.345. The molecule has 2 rings (SSSR count). The molecule has 0 amide bonds. The molecule has 1 aromatic carbocycles. The molecule has 0 saturated heterocycles. The summed E-state index contributed by atoms with van der Waals surface area (Å²) in [6.07, 6.45) is 0. The van der Waals surface area contributed by atoms with E-state index in [9.17, 15) is 5.11 Å². The Bertz CT molecular complexity index is 582. The van der Waals surface area contributed by atoms with Crippen LogP contribution in [0.5, 0.6) is 5.75 Å². The summed E-state index contributed by atoms with van der Waals surface area (Å²) in [5.41, 5.74) is 2.18. The van der Waals surface area contributed by atoms with E-state index < -0.39 is 0 Å². The summed E-state index contributed by atoms with van der Waals surface area (Å²) in [6.45, 7) is 8.08. The van der Waals surface area contributed by atoms with Crippen molar-refractivity contribution in [3.8, 4) is 17.0 Å². The average molecular weight is 309 g/mol. The Hall–Kier alpha value is -1.29. The quantitative estimate of drug-likeness (QED) is 0.862. The molecular formula is C14H17BrN2O. The fraction of sp³-hybridized carbons (Fsp3) is 0.357. The Labute approximate surface area is 116 Å². The minimum atomic E-state index is -0.147. The minimum absolute atomic E-state index is 0.147. The maximum absolute atomic E-state index is 10.2. The average Bonchev–Trinajstić information content (AvgIpc) is 2.55. The maximum Gasteiger partial charge on any atom is 0.164 e. The smallest absolute Gasteiger partial charge is 0.164 e. The van der Waals surface area contributed by atoms with Gasteiger partial charge in [0.15, 0.2) is 5.75 Å². The lowest BCUT2D eigenvalue weighted by Crippen LogP contribution is -2.24. The largest absolute Gasteiger partial charge is 0.504 e. The van der Waals surface area contributed by atoms with Crippen molar-refractivity contribution in [2.45, 2.75) is 33.2 Å². The molecule has 0 radical (unpaired) electrons. The van der Waals surface area contributed by atoms with Gasteiger partial charge in [0.25, 0.3) is 0 Å². The Morgan fingerprint density at radius 2 is 1.94 bits per heavy atom. The summed E-state index contributed by atoms with van der Waals surface area (Å²) in [6, 6.07) is 7.78. The van der Waals surface area contributed by atoms with E-state index in [1.807, 2.05) is 35.9 Å². The van der Waals surface area contributed by atoms with Crippen molar-refractivity contribution in [1.82, 2.24) is 9.78 Å². The van der Waals surface area contributed by atoms with Crippen LogP contribution < -0.4 is 0 Å². The van der Waals surface area contributed by atoms with Crippen LogP contribution in [0.15, 0.2) is 28.7 Å². The van der Waals surface area contributed by atoms with Crippen molar-refractivity contribution < 1.29 is 5.11 Å². The van der Waals surface area contributed by atoms with Crippen molar-refractivity contribution in [2.24, 2.45) is 0 Å². The zero-order valence-electron chi connectivity index (χ0n) is 11.0. The molecule has 0 unspecified atom stereocenters. The van der Waals surface area contributed by atoms with Gasteiger partial charge in [-0.25, -0.2) is 0 Å². The van der Waals surface area contributed by atoms with Gasteiger partial charge in [-0.05, 0) is 39.8 Å². The van der Waals surface area contributed by atoms with Gasteiger partial charge in [-0.1, -0.05) is 28.1 Å². The van der Waals surface area contributed by atoms with Crippen molar-refractivity contribution in [3.63, 3.8) is 0 Å². The molecule has 0 bridgehead atoms. The summed E-state index contributed by atoms with van der Waals surface area (Å²) in [4.78, 5) is 0. The molecule has 0 atom stereocenters. The third-order valence-electron chi connectivity index (χ3n) is 2.82. The highest BCUT2D eigenvalue weighted by Crippen LogP contribution is 2.34. The Balaban J connectivity index is 2.60. The van der Waals surface area contributed by atoms with Gasteiger partial charge in [0.2, 0.25) is 0 Å². The second kappa shape index (κ2) is 4.43. The molecule has 1 heterocycles. The van der Waals surface area contributed by atoms with Gasteiger partial charge in [0.1, 0.15) is 5.69 Å². The van der Waals surface area contributed by atoms with Gasteiger partial charge in [0, 0.05) is 10.0 Å². The normalized spacial score (nSPS) is 11.8. The molecular weight excluding hydrogens is 292 g/mol. The van der Waals surface area contributed by atoms with Crippen molar-refractivity contribution in [3.05, 3.63) is 34.4 Å². The first-order valence-electron chi connectivity index (χ1n) is 5.85. The zero-order chi connectivity index (χ0) is 13.5. The van der Waals surface area contributed by atoms with Crippen LogP contribution in [-0.4, -0.2) is 14.9 Å². The summed E-state index contributed by atoms with van der Waals surface area (Å²) in [7, 11) is 0. The molecule has 0 aliphatic rings. The number of nitrogens with zero attached hydrogens (tertiary/aromatic N) is 2. The number of benzene rings is 1. The van der Waals surface area contributed by atoms with Crippen LogP contribution in [0.3, 0.4) is 0 Å². The van der Waals surface area contributed by atoms with Crippen molar-refractivity contribution in [2.75, 3.05) is 0 Å². The summed E-state index contributed by atoms with van der Waals surface area (Å²) in [5.74, 6) is 0.253. The van der Waals surface area contributed by atoms with Gasteiger partial charge < -0.3 is 5.11 Å². The van der Waals surface area contributed by atoms with E-state index in [4.69, 9.17) is 0 Å². The third-order valence-corrected chi connectivity index (χ3v) is 3.31. The van der Waals surface area contributed by atoms with Gasteiger partial charge in [0.05, 0.1) is 11.2 Å². The lowest BCUT2D eigenvalue weighted by Gasteiger charge is -2.20. The van der Waals surface area contributed by atoms with Crippen molar-refractivity contribution in [1.29, 1.82) is 0 Å². The highest BCUT2D eigenvalue weighted by molar-refractivity contribution is 9.10. The van der Waals surface area contributed by atoms with Crippen LogP contribution in [0.2, 0.25) is 0 Å². The lowest BCUT2D eigenvalue weighted by atomic mass is 10.1. The molecule has 96 valence electrons. The highest BCUT2D eigenvalue weighted by atomic mass is 79.9. The SMILES string of the molecule is Cc1c(O)c(-c2cccc(Br)c2)nn1C(C)(C)C. The maximum atomic E-state index is 10.2. The number of halogens is 1. The van der Waals surface area contributed by atoms with Gasteiger partial charge >= 0.3 is 0 Å². The molecule has 0 aliphatic carbocycles. The second-order valence-electron chi connectivity index (χ2n) is 5.38. The van der Waals surface area contributed by atoms with E-state index in [1.165, 1.54) is 0 Å². The third kappa shape index (κ3) is 2.29. The molecule has 0 saturated carbocycles. The number of aromatic hydroxyl groups is 1. The fourth-order valence-electron chi connectivity index (χ4n) is 1.98. The number of rotatable bonds is 1. The molecule has 0 aliphatic heterocycles. The standard InChI is InChI=1S/C14H17BrN2O/c1-9-13(18)12(16-17(9)14(2,3)4)10-6-5-7-11(15)8-10/h5-8,18H,1-4H3. The molecule has 2 aromatic rings. The van der Waals surface area contributed by atoms with E-state index in [2.05, 4.69) is 41.8 Å². The number of aromatic nitrogens is 2. The van der Waals surface area contributed by atoms with Gasteiger partial charge in [-0.15, -0.1) is 0 Å². The van der Waals surface area contributed by atoms with Gasteiger partial charge in [-0.2, -0.15) is 5.10 Å². The van der Waals surface area contributed by atoms with E-state index in [1.54, 1.807) is 0 Å². The van der Waals surface area contributed by atoms with Crippen LogP contribution in [0.4, 0.5) is 0 Å². The molecule has 18 heavy (non-hydrogen) atoms. The zero-order valence-corrected chi connectivity index (χ0v) is 12.6. The minimum Gasteiger partial charge on any atom is -0.504 e. The first-order valence-corrected chi connectivity index (χ1v) is 6.65. The van der Waals surface area contributed by atoms with E-state index in [0.29, 0.717) is 5.69 Å². The molecule has 1 N–H and O–H groups in total. The van der Waals surface area contributed by atoms with Crippen LogP contribution in [0.1, 0.15) is 26.5 Å². The number of hydrogen-bond acceptors (Lipinski definition) is 2. The van der Waals surface area contributed by atoms with Crippen LogP contribution in [0.25, 0.3) is 11.3 Å². The first-order chi connectivity index (χ1) is 8.30. The van der Waals surface area contributed by atoms with Crippen LogP contribution in [-0.2, 0) is 5.54 Å². The predicted octanol–water partition coefficient (Wildman–Crippen LogP) is 4.08. The Morgan fingerprint density at radius 3 is 2.44 bits per heavy atom. The number of hydrogen-bond donors (Lipinski definition) is 1. The van der Waals surface area contributed by atoms with Crippen LogP contribution >= 0.6 is 15.9 Å². The monoisotopic (exact) mass is 308 g/mol. The summed E-state index contributed by atoms with van der Waals surface area (Å²) < 4.78 is 2.83. The van der Waals surface area contributed by atoms with Crippen molar-refractivity contribution >= 4 is 15.9 Å². The Morgan fingerprint density at radius 1 is 1.28 bits per heavy atom. The second-order valence-corrected chi connectivity index (χ2v) is 6.29. The molecule has 4 heteroatoms. The topological polar surface area (TPSA) is 38.1 Å². The molecule has 1 aromatic heterocycles. The van der Waals surface area contributed by atoms with Crippen LogP contribution in [0, 0.1) is 6.92 Å².